The number of likely N-dealkylation sites (tertiary alicyclic amines) is 2. The van der Waals surface area contributed by atoms with Crippen LogP contribution in [0, 0.1) is 11.7 Å². The van der Waals surface area contributed by atoms with Gasteiger partial charge in [0.15, 0.2) is 0 Å². The molecule has 5 amide bonds. The van der Waals surface area contributed by atoms with Crippen LogP contribution in [0.15, 0.2) is 89.7 Å². The Bertz CT molecular complexity index is 3000. The maximum Gasteiger partial charge on any atom is 0.272 e. The predicted molar refractivity (Wildman–Crippen MR) is 294 cm³/mol. The van der Waals surface area contributed by atoms with E-state index in [9.17, 15) is 28.8 Å². The van der Waals surface area contributed by atoms with Crippen molar-refractivity contribution in [2.24, 2.45) is 5.92 Å². The summed E-state index contributed by atoms with van der Waals surface area (Å²) in [6.45, 7) is 13.0. The zero-order valence-corrected chi connectivity index (χ0v) is 45.1. The third kappa shape index (κ3) is 13.7. The number of H-pyrrole nitrogens is 1. The number of carbonyl (C=O) groups is 5. The number of piperidine rings is 2. The Morgan fingerprint density at radius 2 is 1.51 bits per heavy atom. The van der Waals surface area contributed by atoms with Gasteiger partial charge >= 0.3 is 0 Å². The highest BCUT2D eigenvalue weighted by Gasteiger charge is 2.32. The Balaban J connectivity index is 0.658. The van der Waals surface area contributed by atoms with Crippen molar-refractivity contribution in [3.8, 4) is 11.5 Å². The van der Waals surface area contributed by atoms with Crippen molar-refractivity contribution in [2.45, 2.75) is 64.5 Å². The molecule has 18 nitrogen and oxygen atoms in total. The number of halogens is 1. The van der Waals surface area contributed by atoms with Crippen LogP contribution in [-0.4, -0.2) is 187 Å². The van der Waals surface area contributed by atoms with E-state index in [1.807, 2.05) is 65.3 Å². The van der Waals surface area contributed by atoms with Crippen LogP contribution in [0.25, 0.3) is 10.8 Å². The minimum Gasteiger partial charge on any atom is -0.497 e. The molecule has 9 rings (SSSR count). The first-order valence-electron chi connectivity index (χ1n) is 27.6. The fourth-order valence-electron chi connectivity index (χ4n) is 11.3. The van der Waals surface area contributed by atoms with Crippen molar-refractivity contribution in [1.29, 1.82) is 0 Å². The number of hydrogen-bond donors (Lipinski definition) is 3. The summed E-state index contributed by atoms with van der Waals surface area (Å²) in [5.74, 6) is 0.616. The molecule has 5 aromatic rings. The van der Waals surface area contributed by atoms with Gasteiger partial charge < -0.3 is 39.7 Å². The predicted octanol–water partition coefficient (Wildman–Crippen LogP) is 4.52. The van der Waals surface area contributed by atoms with Crippen molar-refractivity contribution >= 4 is 40.3 Å². The van der Waals surface area contributed by atoms with Crippen LogP contribution in [0.5, 0.6) is 11.5 Å². The van der Waals surface area contributed by atoms with E-state index in [0.29, 0.717) is 118 Å². The highest BCUT2D eigenvalue weighted by atomic mass is 19.1. The minimum absolute atomic E-state index is 0.0247. The van der Waals surface area contributed by atoms with Crippen LogP contribution >= 0.6 is 0 Å². The number of piperazine rings is 2. The molecular weight excluding hydrogens is 996 g/mol. The standard InChI is InChI=1S/C59H73FN10O8/c1-4-78-53-34-47(77-3)16-15-45(53)35-61-36-54(71)70-20-8-11-46(38-70)43-9-7-10-44(33-43)56(73)62-40(2)58(75)68-25-23-66(24-26-68)37-41-18-21-65(22-19-41)39-55(72)67-27-29-69(30-28-67)59(76)50-31-42(14-17-51(50)60)32-52-48-12-5-6-13-49(48)57(74)64-63-52/h5-7,9-10,12-17,31,33-34,40-41,46,61H,4,8,11,18-30,32,35-39H2,1-3H3,(H,62,73)(H,64,74)/t40-,46?/m0/s1. The van der Waals surface area contributed by atoms with Gasteiger partial charge in [-0.1, -0.05) is 42.5 Å². The summed E-state index contributed by atoms with van der Waals surface area (Å²) in [6.07, 6.45) is 4.00. The number of ether oxygens (including phenoxy) is 2. The van der Waals surface area contributed by atoms with E-state index < -0.39 is 17.8 Å². The van der Waals surface area contributed by atoms with Gasteiger partial charge in [0.25, 0.3) is 17.4 Å². The van der Waals surface area contributed by atoms with Gasteiger partial charge in [0, 0.05) is 113 Å². The summed E-state index contributed by atoms with van der Waals surface area (Å²) in [7, 11) is 1.62. The normalized spacial score (nSPS) is 18.2. The number of fused-ring (bicyclic) bond motifs is 1. The maximum absolute atomic E-state index is 15.1. The highest BCUT2D eigenvalue weighted by molar-refractivity contribution is 5.98. The third-order valence-corrected chi connectivity index (χ3v) is 15.9. The zero-order valence-electron chi connectivity index (χ0n) is 45.1. The second kappa shape index (κ2) is 26.0. The zero-order chi connectivity index (χ0) is 54.7. The first-order chi connectivity index (χ1) is 37.8. The first-order valence-corrected chi connectivity index (χ1v) is 27.6. The third-order valence-electron chi connectivity index (χ3n) is 15.9. The highest BCUT2D eigenvalue weighted by Crippen LogP contribution is 2.29. The number of hydrogen-bond acceptors (Lipinski definition) is 12. The first kappa shape index (κ1) is 55.5. The molecule has 0 saturated carbocycles. The Morgan fingerprint density at radius 1 is 0.769 bits per heavy atom. The molecule has 4 saturated heterocycles. The number of carbonyl (C=O) groups excluding carboxylic acids is 5. The van der Waals surface area contributed by atoms with E-state index in [-0.39, 0.29) is 47.2 Å². The van der Waals surface area contributed by atoms with Crippen molar-refractivity contribution in [3.63, 3.8) is 0 Å². The summed E-state index contributed by atoms with van der Waals surface area (Å²) >= 11 is 0. The molecule has 1 unspecified atom stereocenters. The smallest absolute Gasteiger partial charge is 0.272 e. The van der Waals surface area contributed by atoms with Crippen molar-refractivity contribution in [2.75, 3.05) is 112 Å². The van der Waals surface area contributed by atoms with Gasteiger partial charge in [-0.2, -0.15) is 5.10 Å². The molecule has 5 heterocycles. The lowest BCUT2D eigenvalue weighted by Crippen LogP contribution is -2.55. The van der Waals surface area contributed by atoms with Crippen molar-refractivity contribution in [3.05, 3.63) is 135 Å². The Kier molecular flexibility index (Phi) is 18.5. The summed E-state index contributed by atoms with van der Waals surface area (Å²) < 4.78 is 26.2. The Morgan fingerprint density at radius 3 is 2.27 bits per heavy atom. The molecule has 414 valence electrons. The molecule has 78 heavy (non-hydrogen) atoms. The van der Waals surface area contributed by atoms with Crippen molar-refractivity contribution in [1.82, 2.24) is 50.2 Å². The van der Waals surface area contributed by atoms with E-state index in [4.69, 9.17) is 9.47 Å². The second-order valence-electron chi connectivity index (χ2n) is 21.1. The molecule has 4 aliphatic rings. The molecule has 0 aliphatic carbocycles. The largest absolute Gasteiger partial charge is 0.497 e. The van der Waals surface area contributed by atoms with Gasteiger partial charge in [-0.25, -0.2) is 9.49 Å². The second-order valence-corrected chi connectivity index (χ2v) is 21.1. The number of rotatable bonds is 18. The molecule has 1 aromatic heterocycles. The number of nitrogens with one attached hydrogen (secondary N) is 3. The topological polar surface area (TPSA) is 193 Å². The SMILES string of the molecule is CCOc1cc(OC)ccc1CNCC(=O)N1CCCC(c2cccc(C(=O)N[C@@H](C)C(=O)N3CCN(CC4CCN(CC(=O)N5CCN(C(=O)c6cc(Cc7n[nH]c(=O)c8ccccc78)ccc6F)CC5)CC4)CC3)c2)C1. The minimum atomic E-state index is -0.696. The average Bonchev–Trinajstić information content (AvgIpc) is 3.49. The molecule has 4 aliphatic heterocycles. The number of benzene rings is 4. The fourth-order valence-corrected chi connectivity index (χ4v) is 11.3. The molecule has 3 N–H and O–H groups in total. The number of aromatic amines is 1. The lowest BCUT2D eigenvalue weighted by atomic mass is 9.89. The van der Waals surface area contributed by atoms with Crippen LogP contribution in [-0.2, 0) is 27.3 Å². The molecule has 0 spiro atoms. The Labute approximate surface area is 455 Å². The molecule has 4 aromatic carbocycles. The molecule has 19 heteroatoms. The van der Waals surface area contributed by atoms with E-state index in [1.54, 1.807) is 54.2 Å². The van der Waals surface area contributed by atoms with Gasteiger partial charge in [0.2, 0.25) is 17.7 Å². The Hall–Kier alpha value is -7.22. The van der Waals surface area contributed by atoms with Gasteiger partial charge in [-0.05, 0) is 106 Å². The van der Waals surface area contributed by atoms with Crippen LogP contribution in [0.3, 0.4) is 0 Å². The van der Waals surface area contributed by atoms with Crippen LogP contribution in [0.1, 0.15) is 88.5 Å². The van der Waals surface area contributed by atoms with Gasteiger partial charge in [-0.15, -0.1) is 0 Å². The van der Waals surface area contributed by atoms with E-state index in [2.05, 4.69) is 30.6 Å². The number of amides is 5. The van der Waals surface area contributed by atoms with Crippen LogP contribution in [0.4, 0.5) is 4.39 Å². The van der Waals surface area contributed by atoms with E-state index >= 15 is 4.39 Å². The molecule has 0 radical (unpaired) electrons. The van der Waals surface area contributed by atoms with E-state index in [0.717, 1.165) is 75.3 Å². The van der Waals surface area contributed by atoms with Gasteiger partial charge in [-0.3, -0.25) is 38.6 Å². The van der Waals surface area contributed by atoms with E-state index in [1.165, 1.54) is 6.07 Å². The van der Waals surface area contributed by atoms with Crippen molar-refractivity contribution < 1.29 is 37.8 Å². The number of nitrogens with zero attached hydrogens (tertiary/aromatic N) is 7. The average molecular weight is 1070 g/mol. The number of methoxy groups -OCH3 is 1. The summed E-state index contributed by atoms with van der Waals surface area (Å²) in [5.41, 5.74) is 3.42. The lowest BCUT2D eigenvalue weighted by molar-refractivity contribution is -0.135. The lowest BCUT2D eigenvalue weighted by Gasteiger charge is -2.40. The number of aromatic nitrogens is 2. The van der Waals surface area contributed by atoms with Crippen LogP contribution in [0.2, 0.25) is 0 Å². The molecular formula is C59H73FN10O8. The van der Waals surface area contributed by atoms with Crippen LogP contribution < -0.4 is 25.7 Å². The molecule has 0 bridgehead atoms. The molecule has 2 atom stereocenters. The molecule has 4 fully saturated rings. The quantitative estimate of drug-likeness (QED) is 0.111. The monoisotopic (exact) mass is 1070 g/mol. The fraction of sp³-hybridized carbons (Fsp3) is 0.475. The summed E-state index contributed by atoms with van der Waals surface area (Å²) in [5, 5.41) is 14.2. The van der Waals surface area contributed by atoms with Gasteiger partial charge in [0.05, 0.1) is 43.4 Å². The maximum atomic E-state index is 15.1. The summed E-state index contributed by atoms with van der Waals surface area (Å²) in [6, 6.07) is 24.1. The van der Waals surface area contributed by atoms with Gasteiger partial charge in [0.1, 0.15) is 23.4 Å². The summed E-state index contributed by atoms with van der Waals surface area (Å²) in [4.78, 5) is 91.6.